The van der Waals surface area contributed by atoms with Gasteiger partial charge in [-0.15, -0.1) is 0 Å². The molecule has 0 unspecified atom stereocenters. The lowest BCUT2D eigenvalue weighted by Crippen LogP contribution is -2.02. The maximum absolute atomic E-state index is 6.12. The summed E-state index contributed by atoms with van der Waals surface area (Å²) >= 11 is 9.55. The summed E-state index contributed by atoms with van der Waals surface area (Å²) in [7, 11) is 0. The van der Waals surface area contributed by atoms with Crippen LogP contribution in [0.25, 0.3) is 11.6 Å². The molecule has 2 rings (SSSR count). The molecule has 0 radical (unpaired) electrons. The molecule has 18 heavy (non-hydrogen) atoms. The van der Waals surface area contributed by atoms with Crippen LogP contribution in [0.15, 0.2) is 21.0 Å². The second kappa shape index (κ2) is 5.41. The first kappa shape index (κ1) is 13.6. The highest BCUT2D eigenvalue weighted by Gasteiger charge is 2.15. The third-order valence-electron chi connectivity index (χ3n) is 2.44. The lowest BCUT2D eigenvalue weighted by Gasteiger charge is -2.09. The molecule has 2 aromatic rings. The molecule has 0 aromatic carbocycles. The lowest BCUT2D eigenvalue weighted by atomic mass is 10.1. The van der Waals surface area contributed by atoms with Gasteiger partial charge in [-0.05, 0) is 47.3 Å². The average Bonchev–Trinajstić information content (AvgIpc) is 2.70. The maximum atomic E-state index is 6.12. The van der Waals surface area contributed by atoms with Crippen LogP contribution in [-0.4, -0.2) is 9.97 Å². The van der Waals surface area contributed by atoms with E-state index in [9.17, 15) is 0 Å². The largest absolute Gasteiger partial charge is 0.458 e. The molecule has 0 bridgehead atoms. The highest BCUT2D eigenvalue weighted by atomic mass is 79.9. The highest BCUT2D eigenvalue weighted by Crippen LogP contribution is 2.29. The number of furan rings is 1. The van der Waals surface area contributed by atoms with Crippen molar-refractivity contribution in [1.82, 2.24) is 9.97 Å². The smallest absolute Gasteiger partial charge is 0.197 e. The summed E-state index contributed by atoms with van der Waals surface area (Å²) in [5, 5.41) is 0.421. The van der Waals surface area contributed by atoms with Gasteiger partial charge in [0, 0.05) is 0 Å². The average molecular weight is 330 g/mol. The molecule has 0 saturated heterocycles. The van der Waals surface area contributed by atoms with E-state index in [2.05, 4.69) is 39.7 Å². The van der Waals surface area contributed by atoms with Crippen molar-refractivity contribution in [2.45, 2.75) is 27.2 Å². The molecule has 0 amide bonds. The molecule has 0 saturated carbocycles. The fourth-order valence-electron chi connectivity index (χ4n) is 1.65. The minimum Gasteiger partial charge on any atom is -0.458 e. The summed E-state index contributed by atoms with van der Waals surface area (Å²) < 4.78 is 6.29. The Kier molecular flexibility index (Phi) is 4.07. The van der Waals surface area contributed by atoms with E-state index in [1.807, 2.05) is 19.1 Å². The molecule has 0 spiro atoms. The maximum Gasteiger partial charge on any atom is 0.197 e. The Morgan fingerprint density at radius 2 is 2.06 bits per heavy atom. The van der Waals surface area contributed by atoms with Crippen molar-refractivity contribution < 1.29 is 4.42 Å². The Labute approximate surface area is 120 Å². The molecule has 3 nitrogen and oxygen atoms in total. The van der Waals surface area contributed by atoms with E-state index in [4.69, 9.17) is 16.0 Å². The van der Waals surface area contributed by atoms with Gasteiger partial charge in [0.15, 0.2) is 11.6 Å². The van der Waals surface area contributed by atoms with E-state index < -0.39 is 0 Å². The molecule has 0 aliphatic carbocycles. The number of halogens is 2. The summed E-state index contributed by atoms with van der Waals surface area (Å²) in [5.41, 5.74) is 0.911. The molecular formula is C13H14BrClN2O. The van der Waals surface area contributed by atoms with Crippen molar-refractivity contribution in [3.63, 3.8) is 0 Å². The highest BCUT2D eigenvalue weighted by molar-refractivity contribution is 9.10. The van der Waals surface area contributed by atoms with Crippen molar-refractivity contribution in [2.75, 3.05) is 0 Å². The first-order valence-corrected chi connectivity index (χ1v) is 6.93. The van der Waals surface area contributed by atoms with Gasteiger partial charge in [0.25, 0.3) is 0 Å². The number of aromatic nitrogens is 2. The van der Waals surface area contributed by atoms with Gasteiger partial charge >= 0.3 is 0 Å². The summed E-state index contributed by atoms with van der Waals surface area (Å²) in [6, 6.07) is 3.74. The van der Waals surface area contributed by atoms with Crippen LogP contribution in [-0.2, 0) is 6.42 Å². The molecule has 0 atom stereocenters. The molecule has 0 aliphatic rings. The van der Waals surface area contributed by atoms with Crippen molar-refractivity contribution in [1.29, 1.82) is 0 Å². The molecule has 96 valence electrons. The van der Waals surface area contributed by atoms with E-state index >= 15 is 0 Å². The van der Waals surface area contributed by atoms with Crippen molar-refractivity contribution in [3.05, 3.63) is 33.2 Å². The van der Waals surface area contributed by atoms with Crippen LogP contribution in [0.5, 0.6) is 0 Å². The topological polar surface area (TPSA) is 38.9 Å². The zero-order valence-corrected chi connectivity index (χ0v) is 12.8. The van der Waals surface area contributed by atoms with Gasteiger partial charge in [0.2, 0.25) is 0 Å². The van der Waals surface area contributed by atoms with E-state index in [0.717, 1.165) is 22.3 Å². The van der Waals surface area contributed by atoms with Crippen LogP contribution in [0.3, 0.4) is 0 Å². The Balaban J connectivity index is 2.46. The summed E-state index contributed by atoms with van der Waals surface area (Å²) in [6.45, 7) is 6.16. The van der Waals surface area contributed by atoms with Gasteiger partial charge < -0.3 is 4.42 Å². The fourth-order valence-corrected chi connectivity index (χ4v) is 2.18. The molecule has 0 fully saturated rings. The fraction of sp³-hybridized carbons (Fsp3) is 0.385. The van der Waals surface area contributed by atoms with Gasteiger partial charge in [-0.25, -0.2) is 9.97 Å². The van der Waals surface area contributed by atoms with Crippen molar-refractivity contribution in [2.24, 2.45) is 5.92 Å². The Morgan fingerprint density at radius 1 is 1.33 bits per heavy atom. The van der Waals surface area contributed by atoms with Gasteiger partial charge in [-0.3, -0.25) is 0 Å². The van der Waals surface area contributed by atoms with Crippen LogP contribution >= 0.6 is 27.5 Å². The predicted octanol–water partition coefficient (Wildman–Crippen LogP) is 4.66. The Morgan fingerprint density at radius 3 is 2.61 bits per heavy atom. The van der Waals surface area contributed by atoms with E-state index in [0.29, 0.717) is 22.7 Å². The van der Waals surface area contributed by atoms with Gasteiger partial charge in [0.1, 0.15) is 10.9 Å². The second-order valence-corrected chi connectivity index (χ2v) is 5.76. The van der Waals surface area contributed by atoms with Gasteiger partial charge in [0.05, 0.1) is 10.2 Å². The van der Waals surface area contributed by atoms with Crippen LogP contribution in [0.2, 0.25) is 5.15 Å². The van der Waals surface area contributed by atoms with Crippen molar-refractivity contribution >= 4 is 27.5 Å². The number of aryl methyl sites for hydroxylation is 1. The van der Waals surface area contributed by atoms with E-state index in [1.165, 1.54) is 0 Å². The molecule has 0 aliphatic heterocycles. The van der Waals surface area contributed by atoms with Crippen LogP contribution in [0.1, 0.15) is 25.3 Å². The van der Waals surface area contributed by atoms with E-state index in [-0.39, 0.29) is 0 Å². The monoisotopic (exact) mass is 328 g/mol. The zero-order valence-electron chi connectivity index (χ0n) is 10.5. The van der Waals surface area contributed by atoms with E-state index in [1.54, 1.807) is 0 Å². The van der Waals surface area contributed by atoms with Crippen LogP contribution < -0.4 is 0 Å². The molecule has 2 heterocycles. The van der Waals surface area contributed by atoms with Crippen molar-refractivity contribution in [3.8, 4) is 11.6 Å². The van der Waals surface area contributed by atoms with Gasteiger partial charge in [-0.2, -0.15) is 0 Å². The number of hydrogen-bond donors (Lipinski definition) is 0. The first-order valence-electron chi connectivity index (χ1n) is 5.76. The Bertz CT molecular complexity index is 566. The molecule has 2 aromatic heterocycles. The lowest BCUT2D eigenvalue weighted by molar-refractivity contribution is 0.542. The molecular weight excluding hydrogens is 316 g/mol. The quantitative estimate of drug-likeness (QED) is 0.769. The second-order valence-electron chi connectivity index (χ2n) is 4.61. The Hall–Kier alpha value is -0.870. The molecule has 5 heteroatoms. The number of rotatable bonds is 3. The SMILES string of the molecule is Cc1ccc(-c2nc(Cl)c(Br)c(CC(C)C)n2)o1. The normalized spacial score (nSPS) is 11.2. The zero-order chi connectivity index (χ0) is 13.3. The predicted molar refractivity (Wildman–Crippen MR) is 75.7 cm³/mol. The third-order valence-corrected chi connectivity index (χ3v) is 3.78. The third kappa shape index (κ3) is 2.93. The minimum atomic E-state index is 0.421. The summed E-state index contributed by atoms with van der Waals surface area (Å²) in [6.07, 6.45) is 0.843. The number of hydrogen-bond acceptors (Lipinski definition) is 3. The standard InChI is InChI=1S/C13H14BrClN2O/c1-7(2)6-9-11(14)12(15)17-13(16-9)10-5-4-8(3)18-10/h4-5,7H,6H2,1-3H3. The van der Waals surface area contributed by atoms with Gasteiger partial charge in [-0.1, -0.05) is 25.4 Å². The van der Waals surface area contributed by atoms with Crippen LogP contribution in [0.4, 0.5) is 0 Å². The van der Waals surface area contributed by atoms with Crippen LogP contribution in [0, 0.1) is 12.8 Å². The first-order chi connectivity index (χ1) is 8.47. The summed E-state index contributed by atoms with van der Waals surface area (Å²) in [5.74, 6) is 2.51. The molecule has 0 N–H and O–H groups in total. The summed E-state index contributed by atoms with van der Waals surface area (Å²) in [4.78, 5) is 8.76. The minimum absolute atomic E-state index is 0.421. The number of nitrogens with zero attached hydrogens (tertiary/aromatic N) is 2.